The Morgan fingerprint density at radius 1 is 1.21 bits per heavy atom. The molecule has 3 aromatic rings. The number of imidazole rings is 1. The minimum Gasteiger partial charge on any atom is -0.469 e. The van der Waals surface area contributed by atoms with Crippen molar-refractivity contribution in [3.63, 3.8) is 0 Å². The highest BCUT2D eigenvalue weighted by Gasteiger charge is 2.29. The van der Waals surface area contributed by atoms with Crippen LogP contribution < -0.4 is 0 Å². The van der Waals surface area contributed by atoms with E-state index in [4.69, 9.17) is 4.74 Å². The van der Waals surface area contributed by atoms with Gasteiger partial charge < -0.3 is 14.2 Å². The van der Waals surface area contributed by atoms with E-state index in [0.717, 1.165) is 31.5 Å². The minimum absolute atomic E-state index is 0.119. The van der Waals surface area contributed by atoms with Crippen molar-refractivity contribution in [3.05, 3.63) is 60.0 Å². The lowest BCUT2D eigenvalue weighted by atomic mass is 9.97. The second-order valence-corrected chi connectivity index (χ2v) is 7.35. The zero-order valence-electron chi connectivity index (χ0n) is 16.5. The van der Waals surface area contributed by atoms with E-state index in [1.54, 1.807) is 23.5 Å². The molecule has 7 heteroatoms. The smallest absolute Gasteiger partial charge is 0.310 e. The molecule has 1 aliphatic heterocycles. The number of aromatic nitrogens is 3. The zero-order chi connectivity index (χ0) is 20.2. The van der Waals surface area contributed by atoms with Crippen LogP contribution in [0.2, 0.25) is 0 Å². The molecule has 0 unspecified atom stereocenters. The first-order chi connectivity index (χ1) is 14.2. The quantitative estimate of drug-likeness (QED) is 0.624. The SMILES string of the molecule is COC(=O)[C@H]1CCCN(C(=O)c2cnc3c(c2)ncn3CCc2ccccc2)C1. The standard InChI is InChI=1S/C22H24N4O3/c1-29-22(28)17-8-5-10-25(14-17)21(27)18-12-19-20(23-13-18)26(15-24-19)11-9-16-6-3-2-4-7-16/h2-4,6-7,12-13,15,17H,5,8-11,14H2,1H3/t17-/m0/s1. The van der Waals surface area contributed by atoms with Crippen molar-refractivity contribution in [3.8, 4) is 0 Å². The lowest BCUT2D eigenvalue weighted by molar-refractivity contribution is -0.146. The van der Waals surface area contributed by atoms with Crippen LogP contribution in [0.4, 0.5) is 0 Å². The predicted molar refractivity (Wildman–Crippen MR) is 108 cm³/mol. The number of hydrogen-bond donors (Lipinski definition) is 0. The van der Waals surface area contributed by atoms with Gasteiger partial charge in [-0.2, -0.15) is 0 Å². The third-order valence-electron chi connectivity index (χ3n) is 5.43. The van der Waals surface area contributed by atoms with Crippen molar-refractivity contribution in [2.24, 2.45) is 5.92 Å². The normalized spacial score (nSPS) is 16.7. The average molecular weight is 392 g/mol. The van der Waals surface area contributed by atoms with Crippen LogP contribution in [-0.2, 0) is 22.5 Å². The van der Waals surface area contributed by atoms with Gasteiger partial charge >= 0.3 is 5.97 Å². The highest BCUT2D eigenvalue weighted by molar-refractivity contribution is 5.96. The maximum Gasteiger partial charge on any atom is 0.310 e. The van der Waals surface area contributed by atoms with Crippen LogP contribution >= 0.6 is 0 Å². The molecule has 1 aliphatic rings. The monoisotopic (exact) mass is 392 g/mol. The van der Waals surface area contributed by atoms with E-state index in [2.05, 4.69) is 22.1 Å². The molecule has 0 saturated carbocycles. The molecule has 0 bridgehead atoms. The largest absolute Gasteiger partial charge is 0.469 e. The summed E-state index contributed by atoms with van der Waals surface area (Å²) in [6, 6.07) is 12.1. The van der Waals surface area contributed by atoms with Crippen LogP contribution in [0.25, 0.3) is 11.2 Å². The number of rotatable bonds is 5. The van der Waals surface area contributed by atoms with Gasteiger partial charge in [-0.3, -0.25) is 9.59 Å². The Morgan fingerprint density at radius 3 is 2.83 bits per heavy atom. The Kier molecular flexibility index (Phi) is 5.55. The molecule has 0 N–H and O–H groups in total. The number of benzene rings is 1. The summed E-state index contributed by atoms with van der Waals surface area (Å²) in [6.07, 6.45) is 5.79. The molecule has 150 valence electrons. The number of pyridine rings is 1. The Labute approximate surface area is 169 Å². The summed E-state index contributed by atoms with van der Waals surface area (Å²) in [5, 5.41) is 0. The lowest BCUT2D eigenvalue weighted by Crippen LogP contribution is -2.42. The van der Waals surface area contributed by atoms with E-state index < -0.39 is 0 Å². The van der Waals surface area contributed by atoms with Crippen LogP contribution in [0, 0.1) is 5.92 Å². The second-order valence-electron chi connectivity index (χ2n) is 7.35. The third kappa shape index (κ3) is 4.13. The summed E-state index contributed by atoms with van der Waals surface area (Å²) in [6.45, 7) is 1.79. The van der Waals surface area contributed by atoms with Gasteiger partial charge in [0.2, 0.25) is 0 Å². The Morgan fingerprint density at radius 2 is 2.03 bits per heavy atom. The number of aryl methyl sites for hydroxylation is 2. The van der Waals surface area contributed by atoms with Crippen LogP contribution in [0.5, 0.6) is 0 Å². The van der Waals surface area contributed by atoms with Gasteiger partial charge in [-0.05, 0) is 30.9 Å². The van der Waals surface area contributed by atoms with Crippen molar-refractivity contribution >= 4 is 23.0 Å². The number of amides is 1. The van der Waals surface area contributed by atoms with E-state index in [9.17, 15) is 9.59 Å². The minimum atomic E-state index is -0.258. The van der Waals surface area contributed by atoms with Crippen LogP contribution in [-0.4, -0.2) is 51.5 Å². The number of nitrogens with zero attached hydrogens (tertiary/aromatic N) is 4. The molecule has 1 amide bonds. The molecule has 1 saturated heterocycles. The van der Waals surface area contributed by atoms with E-state index in [-0.39, 0.29) is 17.8 Å². The van der Waals surface area contributed by atoms with E-state index >= 15 is 0 Å². The molecule has 7 nitrogen and oxygen atoms in total. The Balaban J connectivity index is 1.47. The van der Waals surface area contributed by atoms with Gasteiger partial charge in [0, 0.05) is 25.8 Å². The van der Waals surface area contributed by atoms with Gasteiger partial charge in [-0.15, -0.1) is 0 Å². The highest BCUT2D eigenvalue weighted by atomic mass is 16.5. The third-order valence-corrected chi connectivity index (χ3v) is 5.43. The number of ether oxygens (including phenoxy) is 1. The molecule has 0 aliphatic carbocycles. The molecule has 3 heterocycles. The van der Waals surface area contributed by atoms with Crippen LogP contribution in [0.3, 0.4) is 0 Å². The fourth-order valence-corrected chi connectivity index (χ4v) is 3.83. The van der Waals surface area contributed by atoms with Gasteiger partial charge in [0.05, 0.1) is 24.9 Å². The van der Waals surface area contributed by atoms with Gasteiger partial charge in [0.15, 0.2) is 5.65 Å². The number of carbonyl (C=O) groups excluding carboxylic acids is 2. The number of esters is 1. The van der Waals surface area contributed by atoms with Crippen molar-refractivity contribution in [2.75, 3.05) is 20.2 Å². The number of likely N-dealkylation sites (tertiary alicyclic amines) is 1. The van der Waals surface area contributed by atoms with Crippen LogP contribution in [0.15, 0.2) is 48.9 Å². The number of hydrogen-bond acceptors (Lipinski definition) is 5. The molecule has 2 aromatic heterocycles. The molecule has 0 spiro atoms. The first-order valence-corrected chi connectivity index (χ1v) is 9.87. The van der Waals surface area contributed by atoms with E-state index in [0.29, 0.717) is 24.2 Å². The predicted octanol–water partition coefficient (Wildman–Crippen LogP) is 2.70. The van der Waals surface area contributed by atoms with Gasteiger partial charge in [-0.1, -0.05) is 30.3 Å². The fraction of sp³-hybridized carbons (Fsp3) is 0.364. The Bertz CT molecular complexity index is 1020. The van der Waals surface area contributed by atoms with Gasteiger partial charge in [-0.25, -0.2) is 9.97 Å². The van der Waals surface area contributed by atoms with E-state index in [1.807, 2.05) is 22.8 Å². The molecule has 1 atom stereocenters. The molecule has 4 rings (SSSR count). The summed E-state index contributed by atoms with van der Waals surface area (Å²) >= 11 is 0. The van der Waals surface area contributed by atoms with Gasteiger partial charge in [0.25, 0.3) is 5.91 Å². The molecule has 1 fully saturated rings. The summed E-state index contributed by atoms with van der Waals surface area (Å²) in [4.78, 5) is 35.4. The van der Waals surface area contributed by atoms with Gasteiger partial charge in [0.1, 0.15) is 5.52 Å². The van der Waals surface area contributed by atoms with Crippen molar-refractivity contribution in [1.82, 2.24) is 19.4 Å². The van der Waals surface area contributed by atoms with Crippen molar-refractivity contribution < 1.29 is 14.3 Å². The number of methoxy groups -OCH3 is 1. The summed E-state index contributed by atoms with van der Waals surface area (Å²) < 4.78 is 6.84. The number of fused-ring (bicyclic) bond motifs is 1. The summed E-state index contributed by atoms with van der Waals surface area (Å²) in [7, 11) is 1.38. The van der Waals surface area contributed by atoms with Crippen molar-refractivity contribution in [1.29, 1.82) is 0 Å². The molecule has 29 heavy (non-hydrogen) atoms. The fourth-order valence-electron chi connectivity index (χ4n) is 3.83. The number of carbonyl (C=O) groups is 2. The first-order valence-electron chi connectivity index (χ1n) is 9.87. The maximum atomic E-state index is 12.9. The van der Waals surface area contributed by atoms with Crippen LogP contribution in [0.1, 0.15) is 28.8 Å². The summed E-state index contributed by atoms with van der Waals surface area (Å²) in [5.74, 6) is -0.633. The van der Waals surface area contributed by atoms with Crippen molar-refractivity contribution in [2.45, 2.75) is 25.8 Å². The molecule has 1 aromatic carbocycles. The topological polar surface area (TPSA) is 77.3 Å². The molecular weight excluding hydrogens is 368 g/mol. The average Bonchev–Trinajstić information content (AvgIpc) is 3.19. The van der Waals surface area contributed by atoms with E-state index in [1.165, 1.54) is 12.7 Å². The summed E-state index contributed by atoms with van der Waals surface area (Å²) in [5.41, 5.74) is 3.22. The maximum absolute atomic E-state index is 12.9. The zero-order valence-corrected chi connectivity index (χ0v) is 16.5. The number of piperidine rings is 1. The Hall–Kier alpha value is -3.22. The molecule has 0 radical (unpaired) electrons. The lowest BCUT2D eigenvalue weighted by Gasteiger charge is -2.31. The first kappa shape index (κ1) is 19.1. The highest BCUT2D eigenvalue weighted by Crippen LogP contribution is 2.21. The molecular formula is C22H24N4O3. The second kappa shape index (κ2) is 8.43.